The number of rotatable bonds is 6. The van der Waals surface area contributed by atoms with Crippen molar-refractivity contribution in [3.8, 4) is 5.75 Å². The Morgan fingerprint density at radius 1 is 0.833 bits per heavy atom. The van der Waals surface area contributed by atoms with Crippen LogP contribution in [0.2, 0.25) is 0 Å². The van der Waals surface area contributed by atoms with Gasteiger partial charge in [-0.05, 0) is 45.9 Å². The van der Waals surface area contributed by atoms with Crippen LogP contribution in [0.15, 0.2) is 36.4 Å². The van der Waals surface area contributed by atoms with E-state index in [9.17, 15) is 8.78 Å². The molecule has 8 heteroatoms. The minimum absolute atomic E-state index is 0.215. The molecular formula is C22H24F2N4O2. The number of nitrogens with one attached hydrogen (secondary N) is 2. The molecule has 158 valence electrons. The zero-order valence-electron chi connectivity index (χ0n) is 17.5. The quantitative estimate of drug-likeness (QED) is 0.404. The summed E-state index contributed by atoms with van der Waals surface area (Å²) in [5.74, 6) is 0.875. The molecule has 2 heterocycles. The van der Waals surface area contributed by atoms with E-state index in [1.54, 1.807) is 18.2 Å². The molecule has 0 fully saturated rings. The zero-order chi connectivity index (χ0) is 21.7. The summed E-state index contributed by atoms with van der Waals surface area (Å²) in [4.78, 5) is 14.8. The van der Waals surface area contributed by atoms with E-state index in [2.05, 4.69) is 19.9 Å². The zero-order valence-corrected chi connectivity index (χ0v) is 17.5. The van der Waals surface area contributed by atoms with E-state index in [0.29, 0.717) is 33.4 Å². The Morgan fingerprint density at radius 3 is 1.93 bits per heavy atom. The first-order valence-corrected chi connectivity index (χ1v) is 9.63. The van der Waals surface area contributed by atoms with Crippen LogP contribution in [0.3, 0.4) is 0 Å². The van der Waals surface area contributed by atoms with Gasteiger partial charge in [-0.2, -0.15) is 0 Å². The maximum atomic E-state index is 14.4. The number of hydrogen-bond donors (Lipinski definition) is 2. The van der Waals surface area contributed by atoms with Gasteiger partial charge in [-0.15, -0.1) is 0 Å². The molecule has 0 saturated heterocycles. The third-order valence-corrected chi connectivity index (χ3v) is 4.85. The molecule has 0 aliphatic heterocycles. The van der Waals surface area contributed by atoms with Gasteiger partial charge in [0, 0.05) is 12.7 Å². The second-order valence-corrected chi connectivity index (χ2v) is 8.20. The smallest absolute Gasteiger partial charge is 0.228 e. The second-order valence-electron chi connectivity index (χ2n) is 8.20. The maximum Gasteiger partial charge on any atom is 0.228 e. The number of aromatic amines is 2. The van der Waals surface area contributed by atoms with Gasteiger partial charge in [0.2, 0.25) is 6.29 Å². The van der Waals surface area contributed by atoms with Crippen molar-refractivity contribution in [2.75, 3.05) is 7.11 Å². The number of ether oxygens (including phenoxy) is 2. The molecule has 4 aromatic rings. The lowest BCUT2D eigenvalue weighted by Crippen LogP contribution is -2.12. The van der Waals surface area contributed by atoms with Gasteiger partial charge in [-0.1, -0.05) is 18.2 Å². The topological polar surface area (TPSA) is 75.8 Å². The highest BCUT2D eigenvalue weighted by Gasteiger charge is 2.27. The number of imidazole rings is 2. The second kappa shape index (κ2) is 7.05. The van der Waals surface area contributed by atoms with E-state index in [0.717, 1.165) is 0 Å². The molecule has 30 heavy (non-hydrogen) atoms. The van der Waals surface area contributed by atoms with Crippen molar-refractivity contribution in [2.24, 2.45) is 0 Å². The summed E-state index contributed by atoms with van der Waals surface area (Å²) in [6.45, 7) is 5.75. The van der Waals surface area contributed by atoms with Crippen LogP contribution in [0.4, 0.5) is 8.78 Å². The number of hydrogen-bond acceptors (Lipinski definition) is 4. The van der Waals surface area contributed by atoms with Crippen molar-refractivity contribution in [2.45, 2.75) is 45.3 Å². The minimum Gasteiger partial charge on any atom is -0.458 e. The van der Waals surface area contributed by atoms with Gasteiger partial charge >= 0.3 is 0 Å². The van der Waals surface area contributed by atoms with Gasteiger partial charge in [0.15, 0.2) is 17.1 Å². The summed E-state index contributed by atoms with van der Waals surface area (Å²) < 4.78 is 40.5. The molecule has 0 spiro atoms. The summed E-state index contributed by atoms with van der Waals surface area (Å²) >= 11 is 0. The Hall–Kier alpha value is -3.00. The fourth-order valence-electron chi connectivity index (χ4n) is 3.26. The van der Waals surface area contributed by atoms with Crippen molar-refractivity contribution >= 4 is 22.1 Å². The fourth-order valence-corrected chi connectivity index (χ4v) is 3.26. The van der Waals surface area contributed by atoms with Crippen LogP contribution >= 0.6 is 0 Å². The van der Waals surface area contributed by atoms with E-state index >= 15 is 0 Å². The van der Waals surface area contributed by atoms with Crippen molar-refractivity contribution in [1.29, 1.82) is 0 Å². The number of para-hydroxylation sites is 2. The van der Waals surface area contributed by atoms with Gasteiger partial charge in [-0.3, -0.25) is 0 Å². The lowest BCUT2D eigenvalue weighted by molar-refractivity contribution is -0.0544. The Labute approximate surface area is 172 Å². The third-order valence-electron chi connectivity index (χ3n) is 4.85. The Kier molecular flexibility index (Phi) is 4.77. The van der Waals surface area contributed by atoms with Crippen LogP contribution in [-0.4, -0.2) is 27.0 Å². The van der Waals surface area contributed by atoms with Crippen molar-refractivity contribution in [1.82, 2.24) is 19.9 Å². The number of H-pyrrole nitrogens is 2. The number of benzene rings is 2. The molecule has 1 unspecified atom stereocenters. The number of nitrogens with zero attached hydrogens (tertiary/aromatic N) is 2. The van der Waals surface area contributed by atoms with E-state index < -0.39 is 17.6 Å². The van der Waals surface area contributed by atoms with Gasteiger partial charge in [0.25, 0.3) is 0 Å². The molecule has 0 bridgehead atoms. The summed E-state index contributed by atoms with van der Waals surface area (Å²) in [6, 6.07) is 10.8. The van der Waals surface area contributed by atoms with E-state index in [1.165, 1.54) is 34.8 Å². The SMILES string of the molecule is COC(Oc1cccc2[nH]c(C(C)(C)F)nc12)c1cccc2[nH]c(C(C)(C)F)nc12. The first-order valence-electron chi connectivity index (χ1n) is 9.63. The first-order chi connectivity index (χ1) is 14.1. The largest absolute Gasteiger partial charge is 0.458 e. The molecule has 0 radical (unpaired) electrons. The summed E-state index contributed by atoms with van der Waals surface area (Å²) in [6.07, 6.45) is -0.822. The van der Waals surface area contributed by atoms with Crippen LogP contribution in [0.5, 0.6) is 5.75 Å². The summed E-state index contributed by atoms with van der Waals surface area (Å²) in [7, 11) is 1.51. The van der Waals surface area contributed by atoms with Crippen LogP contribution in [-0.2, 0) is 16.1 Å². The summed E-state index contributed by atoms with van der Waals surface area (Å²) in [5, 5.41) is 0. The molecule has 2 N–H and O–H groups in total. The van der Waals surface area contributed by atoms with Crippen molar-refractivity contribution in [3.63, 3.8) is 0 Å². The molecule has 2 aromatic carbocycles. The van der Waals surface area contributed by atoms with Crippen LogP contribution in [0.1, 0.15) is 51.2 Å². The molecule has 1 atom stereocenters. The Bertz CT molecular complexity index is 1200. The molecule has 0 amide bonds. The number of aromatic nitrogens is 4. The van der Waals surface area contributed by atoms with Crippen molar-refractivity contribution < 1.29 is 18.3 Å². The third kappa shape index (κ3) is 3.63. The van der Waals surface area contributed by atoms with Crippen molar-refractivity contribution in [3.05, 3.63) is 53.6 Å². The normalized spacial score (nSPS) is 13.8. The summed E-state index contributed by atoms with van der Waals surface area (Å²) in [5.41, 5.74) is -0.200. The predicted molar refractivity (Wildman–Crippen MR) is 111 cm³/mol. The van der Waals surface area contributed by atoms with Gasteiger partial charge < -0.3 is 19.4 Å². The first kappa shape index (κ1) is 20.3. The molecular weight excluding hydrogens is 390 g/mol. The average molecular weight is 414 g/mol. The fraction of sp³-hybridized carbons (Fsp3) is 0.364. The lowest BCUT2D eigenvalue weighted by atomic mass is 10.1. The van der Waals surface area contributed by atoms with Crippen LogP contribution in [0.25, 0.3) is 22.1 Å². The molecule has 0 aliphatic carbocycles. The highest BCUT2D eigenvalue weighted by Crippen LogP contribution is 2.34. The van der Waals surface area contributed by atoms with E-state index in [4.69, 9.17) is 9.47 Å². The molecule has 4 rings (SSSR count). The Balaban J connectivity index is 1.76. The number of halogens is 2. The number of alkyl halides is 2. The molecule has 6 nitrogen and oxygen atoms in total. The van der Waals surface area contributed by atoms with E-state index in [-0.39, 0.29) is 11.6 Å². The molecule has 2 aromatic heterocycles. The van der Waals surface area contributed by atoms with Gasteiger partial charge in [0.05, 0.1) is 16.6 Å². The maximum absolute atomic E-state index is 14.4. The van der Waals surface area contributed by atoms with Gasteiger partial charge in [-0.25, -0.2) is 18.7 Å². The lowest BCUT2D eigenvalue weighted by Gasteiger charge is -2.18. The highest BCUT2D eigenvalue weighted by molar-refractivity contribution is 5.82. The van der Waals surface area contributed by atoms with Crippen LogP contribution in [0, 0.1) is 0 Å². The molecule has 0 aliphatic rings. The number of fused-ring (bicyclic) bond motifs is 2. The van der Waals surface area contributed by atoms with E-state index in [1.807, 2.05) is 18.2 Å². The molecule has 0 saturated carbocycles. The standard InChI is InChI=1S/C22H24F2N4O2/c1-21(2,23)19-25-13-9-6-8-12(16(13)27-19)18(29-5)30-15-11-7-10-14-17(15)28-20(26-14)22(3,4)24/h6-11,18H,1-5H3,(H,25,27)(H,26,28). The number of methoxy groups -OCH3 is 1. The highest BCUT2D eigenvalue weighted by atomic mass is 19.1. The predicted octanol–water partition coefficient (Wildman–Crippen LogP) is 5.57. The van der Waals surface area contributed by atoms with Crippen LogP contribution < -0.4 is 4.74 Å². The Morgan fingerprint density at radius 2 is 1.37 bits per heavy atom. The minimum atomic E-state index is -1.62. The monoisotopic (exact) mass is 414 g/mol. The average Bonchev–Trinajstić information content (AvgIpc) is 3.30. The van der Waals surface area contributed by atoms with Gasteiger partial charge in [0.1, 0.15) is 17.2 Å².